The summed E-state index contributed by atoms with van der Waals surface area (Å²) >= 11 is 0. The molecule has 0 aromatic heterocycles. The van der Waals surface area contributed by atoms with Crippen molar-refractivity contribution in [1.82, 2.24) is 0 Å². The zero-order valence-electron chi connectivity index (χ0n) is 9.40. The molecule has 82 valence electrons. The van der Waals surface area contributed by atoms with Crippen LogP contribution in [0.4, 0.5) is 0 Å². The number of aryl methyl sites for hydroxylation is 1. The van der Waals surface area contributed by atoms with Crippen molar-refractivity contribution in [1.29, 1.82) is 0 Å². The van der Waals surface area contributed by atoms with Crippen molar-refractivity contribution in [2.75, 3.05) is 0 Å². The first-order valence-corrected chi connectivity index (χ1v) is 5.55. The van der Waals surface area contributed by atoms with Crippen molar-refractivity contribution in [2.45, 2.75) is 38.3 Å². The summed E-state index contributed by atoms with van der Waals surface area (Å²) in [5.74, 6) is 0.160. The van der Waals surface area contributed by atoms with E-state index in [-0.39, 0.29) is 11.5 Å². The van der Waals surface area contributed by atoms with Gasteiger partial charge in [0, 0.05) is 11.5 Å². The Morgan fingerprint density at radius 3 is 2.67 bits per heavy atom. The second kappa shape index (κ2) is 3.62. The molecule has 0 heterocycles. The maximum atomic E-state index is 10.3. The molecule has 0 aliphatic heterocycles. The lowest BCUT2D eigenvalue weighted by Gasteiger charge is -2.38. The van der Waals surface area contributed by atoms with Crippen LogP contribution in [0.1, 0.15) is 37.5 Å². The minimum Gasteiger partial charge on any atom is -0.388 e. The third-order valence-corrected chi connectivity index (χ3v) is 3.44. The number of hydrogen-bond acceptors (Lipinski definition) is 2. The van der Waals surface area contributed by atoms with Gasteiger partial charge in [0.05, 0.1) is 6.10 Å². The van der Waals surface area contributed by atoms with Gasteiger partial charge in [-0.05, 0) is 37.8 Å². The fourth-order valence-electron chi connectivity index (χ4n) is 2.51. The highest BCUT2D eigenvalue weighted by Crippen LogP contribution is 2.38. The van der Waals surface area contributed by atoms with Crippen LogP contribution in [0.15, 0.2) is 24.3 Å². The topological polar surface area (TPSA) is 46.2 Å². The molecule has 0 spiro atoms. The minimum atomic E-state index is -0.407. The Balaban J connectivity index is 2.34. The van der Waals surface area contributed by atoms with Gasteiger partial charge < -0.3 is 10.8 Å². The highest BCUT2D eigenvalue weighted by atomic mass is 16.3. The normalized spacial score (nSPS) is 26.1. The Morgan fingerprint density at radius 2 is 2.00 bits per heavy atom. The van der Waals surface area contributed by atoms with Crippen molar-refractivity contribution in [3.8, 4) is 0 Å². The summed E-state index contributed by atoms with van der Waals surface area (Å²) in [6.45, 7) is 3.99. The zero-order valence-corrected chi connectivity index (χ0v) is 9.40. The smallest absolute Gasteiger partial charge is 0.0838 e. The van der Waals surface area contributed by atoms with Crippen LogP contribution in [-0.2, 0) is 6.42 Å². The lowest BCUT2D eigenvalue weighted by atomic mass is 9.73. The first kappa shape index (κ1) is 10.7. The molecular formula is C13H19NO. The Kier molecular flexibility index (Phi) is 2.57. The summed E-state index contributed by atoms with van der Waals surface area (Å²) in [7, 11) is 0. The van der Waals surface area contributed by atoms with Crippen LogP contribution in [0.2, 0.25) is 0 Å². The first-order valence-electron chi connectivity index (χ1n) is 5.55. The Bertz CT molecular complexity index is 354. The van der Waals surface area contributed by atoms with E-state index in [1.807, 2.05) is 32.0 Å². The molecular weight excluding hydrogens is 186 g/mol. The average molecular weight is 205 g/mol. The standard InChI is InChI=1S/C13H19NO/c1-13(2,14)11-8-7-9-5-3-4-6-10(9)12(11)15/h3-6,11-12,15H,7-8,14H2,1-2H3/t11-,12+/m1/s1. The van der Waals surface area contributed by atoms with E-state index in [1.165, 1.54) is 5.56 Å². The largest absolute Gasteiger partial charge is 0.388 e. The van der Waals surface area contributed by atoms with Crippen LogP contribution in [0.5, 0.6) is 0 Å². The summed E-state index contributed by atoms with van der Waals surface area (Å²) in [4.78, 5) is 0. The van der Waals surface area contributed by atoms with Gasteiger partial charge in [-0.3, -0.25) is 0 Å². The molecule has 2 rings (SSSR count). The van der Waals surface area contributed by atoms with Crippen LogP contribution >= 0.6 is 0 Å². The van der Waals surface area contributed by atoms with Crippen LogP contribution in [0.3, 0.4) is 0 Å². The number of rotatable bonds is 1. The molecule has 0 radical (unpaired) electrons. The van der Waals surface area contributed by atoms with E-state index < -0.39 is 6.10 Å². The summed E-state index contributed by atoms with van der Waals surface area (Å²) < 4.78 is 0. The molecule has 2 atom stereocenters. The molecule has 2 heteroatoms. The Morgan fingerprint density at radius 1 is 1.33 bits per heavy atom. The molecule has 1 aromatic rings. The van der Waals surface area contributed by atoms with Gasteiger partial charge >= 0.3 is 0 Å². The Hall–Kier alpha value is -0.860. The van der Waals surface area contributed by atoms with Crippen LogP contribution in [-0.4, -0.2) is 10.6 Å². The van der Waals surface area contributed by atoms with Gasteiger partial charge in [-0.2, -0.15) is 0 Å². The van der Waals surface area contributed by atoms with Gasteiger partial charge in [-0.1, -0.05) is 24.3 Å². The molecule has 1 aliphatic rings. The second-order valence-corrected chi connectivity index (χ2v) is 5.11. The maximum Gasteiger partial charge on any atom is 0.0838 e. The van der Waals surface area contributed by atoms with Crippen molar-refractivity contribution in [3.63, 3.8) is 0 Å². The predicted molar refractivity (Wildman–Crippen MR) is 61.5 cm³/mol. The van der Waals surface area contributed by atoms with E-state index >= 15 is 0 Å². The second-order valence-electron chi connectivity index (χ2n) is 5.11. The van der Waals surface area contributed by atoms with Crippen LogP contribution in [0.25, 0.3) is 0 Å². The molecule has 0 saturated heterocycles. The molecule has 2 nitrogen and oxygen atoms in total. The minimum absolute atomic E-state index is 0.160. The highest BCUT2D eigenvalue weighted by Gasteiger charge is 2.35. The quantitative estimate of drug-likeness (QED) is 0.736. The van der Waals surface area contributed by atoms with Crippen LogP contribution in [0, 0.1) is 5.92 Å². The van der Waals surface area contributed by atoms with Crippen molar-refractivity contribution in [2.24, 2.45) is 11.7 Å². The van der Waals surface area contributed by atoms with E-state index in [1.54, 1.807) is 0 Å². The highest BCUT2D eigenvalue weighted by molar-refractivity contribution is 5.32. The number of benzene rings is 1. The van der Waals surface area contributed by atoms with E-state index in [2.05, 4.69) is 6.07 Å². The lowest BCUT2D eigenvalue weighted by molar-refractivity contribution is 0.0551. The summed E-state index contributed by atoms with van der Waals surface area (Å²) in [6, 6.07) is 8.11. The van der Waals surface area contributed by atoms with Gasteiger partial charge in [-0.25, -0.2) is 0 Å². The van der Waals surface area contributed by atoms with Gasteiger partial charge in [-0.15, -0.1) is 0 Å². The third kappa shape index (κ3) is 1.92. The number of nitrogens with two attached hydrogens (primary N) is 1. The average Bonchev–Trinajstić information content (AvgIpc) is 2.16. The summed E-state index contributed by atoms with van der Waals surface area (Å²) in [6.07, 6.45) is 1.59. The van der Waals surface area contributed by atoms with Gasteiger partial charge in [0.1, 0.15) is 0 Å². The van der Waals surface area contributed by atoms with E-state index in [9.17, 15) is 5.11 Å². The fraction of sp³-hybridized carbons (Fsp3) is 0.538. The lowest BCUT2D eigenvalue weighted by Crippen LogP contribution is -2.45. The van der Waals surface area contributed by atoms with E-state index in [0.717, 1.165) is 18.4 Å². The SMILES string of the molecule is CC(C)(N)[C@@H]1CCc2ccccc2[C@@H]1O. The van der Waals surface area contributed by atoms with Gasteiger partial charge in [0.25, 0.3) is 0 Å². The first-order chi connectivity index (χ1) is 7.00. The monoisotopic (exact) mass is 205 g/mol. The fourth-order valence-corrected chi connectivity index (χ4v) is 2.51. The van der Waals surface area contributed by atoms with E-state index in [4.69, 9.17) is 5.73 Å². The summed E-state index contributed by atoms with van der Waals surface area (Å²) in [5.41, 5.74) is 8.12. The van der Waals surface area contributed by atoms with Gasteiger partial charge in [0.15, 0.2) is 0 Å². The number of aliphatic hydroxyl groups is 1. The molecule has 0 unspecified atom stereocenters. The molecule has 1 aromatic carbocycles. The molecule has 0 bridgehead atoms. The molecule has 15 heavy (non-hydrogen) atoms. The summed E-state index contributed by atoms with van der Waals surface area (Å²) in [5, 5.41) is 10.3. The third-order valence-electron chi connectivity index (χ3n) is 3.44. The number of hydrogen-bond donors (Lipinski definition) is 2. The van der Waals surface area contributed by atoms with E-state index in [0.29, 0.717) is 0 Å². The number of fused-ring (bicyclic) bond motifs is 1. The molecule has 1 aliphatic carbocycles. The molecule has 0 amide bonds. The van der Waals surface area contributed by atoms with Crippen molar-refractivity contribution >= 4 is 0 Å². The Labute approximate surface area is 91.1 Å². The van der Waals surface area contributed by atoms with Crippen molar-refractivity contribution in [3.05, 3.63) is 35.4 Å². The molecule has 0 saturated carbocycles. The van der Waals surface area contributed by atoms with Crippen LogP contribution < -0.4 is 5.73 Å². The van der Waals surface area contributed by atoms with Crippen molar-refractivity contribution < 1.29 is 5.11 Å². The van der Waals surface area contributed by atoms with Gasteiger partial charge in [0.2, 0.25) is 0 Å². The maximum absolute atomic E-state index is 10.3. The molecule has 0 fully saturated rings. The predicted octanol–water partition coefficient (Wildman–Crippen LogP) is 2.02. The molecule has 3 N–H and O–H groups in total. The zero-order chi connectivity index (χ0) is 11.1. The number of aliphatic hydroxyl groups excluding tert-OH is 1.